The van der Waals surface area contributed by atoms with E-state index in [0.29, 0.717) is 6.54 Å². The van der Waals surface area contributed by atoms with Crippen LogP contribution in [0.1, 0.15) is 10.5 Å². The van der Waals surface area contributed by atoms with Crippen molar-refractivity contribution in [3.8, 4) is 0 Å². The van der Waals surface area contributed by atoms with E-state index in [4.69, 9.17) is 11.6 Å². The van der Waals surface area contributed by atoms with Crippen LogP contribution in [0.25, 0.3) is 0 Å². The Morgan fingerprint density at radius 3 is 2.80 bits per heavy atom. The summed E-state index contributed by atoms with van der Waals surface area (Å²) in [7, 11) is 1.61. The zero-order valence-corrected chi connectivity index (χ0v) is 11.2. The summed E-state index contributed by atoms with van der Waals surface area (Å²) in [5.74, 6) is -0.364. The van der Waals surface area contributed by atoms with Crippen LogP contribution in [0.15, 0.2) is 18.6 Å². The first-order valence-corrected chi connectivity index (χ1v) is 5.99. The highest BCUT2D eigenvalue weighted by Crippen LogP contribution is 2.13. The maximum Gasteiger partial charge on any atom is 0.306 e. The zero-order valence-electron chi connectivity index (χ0n) is 10.5. The normalized spacial score (nSPS) is 10.5. The van der Waals surface area contributed by atoms with E-state index in [1.807, 2.05) is 0 Å². The summed E-state index contributed by atoms with van der Waals surface area (Å²) >= 11 is 5.84. The zero-order chi connectivity index (χ0) is 14.7. The van der Waals surface area contributed by atoms with Gasteiger partial charge in [0, 0.05) is 13.6 Å². The lowest BCUT2D eigenvalue weighted by Gasteiger charge is -2.05. The van der Waals surface area contributed by atoms with Crippen LogP contribution in [0.3, 0.4) is 0 Å². The van der Waals surface area contributed by atoms with Gasteiger partial charge in [-0.15, -0.1) is 0 Å². The summed E-state index contributed by atoms with van der Waals surface area (Å²) in [5.41, 5.74) is 0.170. The molecule has 2 aromatic heterocycles. The van der Waals surface area contributed by atoms with E-state index in [0.717, 1.165) is 6.20 Å². The van der Waals surface area contributed by atoms with Crippen molar-refractivity contribution in [2.45, 2.75) is 6.54 Å². The maximum atomic E-state index is 11.9. The number of nitrogens with one attached hydrogen (secondary N) is 1. The summed E-state index contributed by atoms with van der Waals surface area (Å²) in [6.45, 7) is 0.578. The summed E-state index contributed by atoms with van der Waals surface area (Å²) in [4.78, 5) is 21.8. The number of aromatic nitrogens is 4. The molecule has 10 heteroatoms. The summed E-state index contributed by atoms with van der Waals surface area (Å²) in [6.07, 6.45) is 3.83. The maximum absolute atomic E-state index is 11.9. The number of rotatable bonds is 5. The second-order valence-corrected chi connectivity index (χ2v) is 4.35. The molecule has 2 aromatic rings. The van der Waals surface area contributed by atoms with Crippen molar-refractivity contribution in [2.75, 3.05) is 6.54 Å². The number of halogens is 1. The van der Waals surface area contributed by atoms with Crippen molar-refractivity contribution in [2.24, 2.45) is 7.05 Å². The molecule has 0 saturated carbocycles. The van der Waals surface area contributed by atoms with Crippen molar-refractivity contribution in [1.29, 1.82) is 0 Å². The molecule has 9 nitrogen and oxygen atoms in total. The Balaban J connectivity index is 1.89. The predicted molar refractivity (Wildman–Crippen MR) is 69.4 cm³/mol. The molecular weight excluding hydrogens is 288 g/mol. The first kappa shape index (κ1) is 14.0. The number of nitro groups is 1. The van der Waals surface area contributed by atoms with E-state index in [-0.39, 0.29) is 28.9 Å². The average molecular weight is 299 g/mol. The van der Waals surface area contributed by atoms with Gasteiger partial charge in [0.2, 0.25) is 0 Å². The number of amides is 1. The average Bonchev–Trinajstić information content (AvgIpc) is 2.97. The fourth-order valence-corrected chi connectivity index (χ4v) is 1.85. The highest BCUT2D eigenvalue weighted by atomic mass is 35.5. The van der Waals surface area contributed by atoms with Gasteiger partial charge in [-0.05, 0) is 0 Å². The third-order valence-electron chi connectivity index (χ3n) is 2.57. The Morgan fingerprint density at radius 2 is 2.25 bits per heavy atom. The monoisotopic (exact) mass is 298 g/mol. The number of hydrogen-bond acceptors (Lipinski definition) is 5. The first-order chi connectivity index (χ1) is 9.49. The van der Waals surface area contributed by atoms with Crippen LogP contribution in [-0.4, -0.2) is 36.9 Å². The highest BCUT2D eigenvalue weighted by molar-refractivity contribution is 6.33. The second kappa shape index (κ2) is 5.70. The number of carbonyl (C=O) groups excluding carboxylic acids is 1. The molecule has 0 radical (unpaired) electrons. The van der Waals surface area contributed by atoms with Crippen molar-refractivity contribution in [1.82, 2.24) is 24.9 Å². The lowest BCUT2D eigenvalue weighted by atomic mass is 10.4. The molecule has 20 heavy (non-hydrogen) atoms. The van der Waals surface area contributed by atoms with Crippen LogP contribution in [0, 0.1) is 10.1 Å². The van der Waals surface area contributed by atoms with Crippen LogP contribution in [0.2, 0.25) is 5.02 Å². The lowest BCUT2D eigenvalue weighted by molar-refractivity contribution is -0.385. The van der Waals surface area contributed by atoms with Gasteiger partial charge in [0.1, 0.15) is 18.1 Å². The van der Waals surface area contributed by atoms with Gasteiger partial charge in [0.25, 0.3) is 5.91 Å². The minimum Gasteiger partial charge on any atom is -0.349 e. The third kappa shape index (κ3) is 2.94. The Labute approximate surface area is 118 Å². The molecule has 2 rings (SSSR count). The van der Waals surface area contributed by atoms with Gasteiger partial charge in [0.15, 0.2) is 0 Å². The molecule has 2 heterocycles. The summed E-state index contributed by atoms with van der Waals surface area (Å²) < 4.78 is 2.75. The van der Waals surface area contributed by atoms with Crippen LogP contribution in [0.4, 0.5) is 5.69 Å². The smallest absolute Gasteiger partial charge is 0.306 e. The van der Waals surface area contributed by atoms with Gasteiger partial charge in [-0.25, -0.2) is 0 Å². The van der Waals surface area contributed by atoms with E-state index in [1.165, 1.54) is 21.8 Å². The van der Waals surface area contributed by atoms with Crippen LogP contribution >= 0.6 is 11.6 Å². The SMILES string of the molecule is Cn1ncc(Cl)c1C(=O)NCCn1cc([N+](=O)[O-])cn1. The first-order valence-electron chi connectivity index (χ1n) is 5.61. The van der Waals surface area contributed by atoms with Crippen LogP contribution in [0.5, 0.6) is 0 Å². The van der Waals surface area contributed by atoms with Gasteiger partial charge in [-0.3, -0.25) is 24.3 Å². The number of nitrogens with zero attached hydrogens (tertiary/aromatic N) is 5. The molecule has 0 bridgehead atoms. The molecule has 1 amide bonds. The van der Waals surface area contributed by atoms with E-state index >= 15 is 0 Å². The quantitative estimate of drug-likeness (QED) is 0.642. The number of carbonyl (C=O) groups is 1. The minimum absolute atomic E-state index is 0.0917. The Kier molecular flexibility index (Phi) is 3.99. The van der Waals surface area contributed by atoms with Crippen molar-refractivity contribution in [3.05, 3.63) is 39.4 Å². The molecule has 0 spiro atoms. The molecule has 0 fully saturated rings. The molecule has 0 aliphatic heterocycles. The van der Waals surface area contributed by atoms with E-state index in [2.05, 4.69) is 15.5 Å². The Hall–Kier alpha value is -2.42. The van der Waals surface area contributed by atoms with Gasteiger partial charge in [-0.2, -0.15) is 10.2 Å². The summed E-state index contributed by atoms with van der Waals surface area (Å²) in [5, 5.41) is 21.1. The van der Waals surface area contributed by atoms with E-state index < -0.39 is 4.92 Å². The highest BCUT2D eigenvalue weighted by Gasteiger charge is 2.15. The third-order valence-corrected chi connectivity index (χ3v) is 2.84. The summed E-state index contributed by atoms with van der Waals surface area (Å²) in [6, 6.07) is 0. The fourth-order valence-electron chi connectivity index (χ4n) is 1.60. The molecule has 0 aliphatic rings. The van der Waals surface area contributed by atoms with E-state index in [1.54, 1.807) is 7.05 Å². The molecule has 0 aliphatic carbocycles. The molecule has 0 atom stereocenters. The Morgan fingerprint density at radius 1 is 1.50 bits per heavy atom. The predicted octanol–water partition coefficient (Wildman–Crippen LogP) is 0.608. The molecule has 1 N–H and O–H groups in total. The second-order valence-electron chi connectivity index (χ2n) is 3.94. The fraction of sp³-hybridized carbons (Fsp3) is 0.300. The van der Waals surface area contributed by atoms with Crippen LogP contribution < -0.4 is 5.32 Å². The van der Waals surface area contributed by atoms with Gasteiger partial charge < -0.3 is 5.32 Å². The van der Waals surface area contributed by atoms with Gasteiger partial charge >= 0.3 is 5.69 Å². The van der Waals surface area contributed by atoms with Crippen molar-refractivity contribution < 1.29 is 9.72 Å². The van der Waals surface area contributed by atoms with E-state index in [9.17, 15) is 14.9 Å². The van der Waals surface area contributed by atoms with Crippen molar-refractivity contribution >= 4 is 23.2 Å². The molecule has 0 saturated heterocycles. The molecule has 0 aromatic carbocycles. The topological polar surface area (TPSA) is 108 Å². The Bertz CT molecular complexity index is 630. The number of aryl methyl sites for hydroxylation is 1. The minimum atomic E-state index is -0.530. The largest absolute Gasteiger partial charge is 0.349 e. The lowest BCUT2D eigenvalue weighted by Crippen LogP contribution is -2.29. The molecule has 0 unspecified atom stereocenters. The van der Waals surface area contributed by atoms with Crippen molar-refractivity contribution in [3.63, 3.8) is 0 Å². The standard InChI is InChI=1S/C10H11ClN6O3/c1-15-9(8(11)5-13-15)10(18)12-2-3-16-6-7(4-14-16)17(19)20/h4-6H,2-3H2,1H3,(H,12,18). The van der Waals surface area contributed by atoms with Gasteiger partial charge in [0.05, 0.1) is 22.7 Å². The van der Waals surface area contributed by atoms with Gasteiger partial charge in [-0.1, -0.05) is 11.6 Å². The molecular formula is C10H11ClN6O3. The van der Waals surface area contributed by atoms with Crippen LogP contribution in [-0.2, 0) is 13.6 Å². The number of hydrogen-bond donors (Lipinski definition) is 1. The molecule has 106 valence electrons.